The Hall–Kier alpha value is -2.77. The molecule has 33 heavy (non-hydrogen) atoms. The average molecular weight is 488 g/mol. The van der Waals surface area contributed by atoms with Gasteiger partial charge in [0, 0.05) is 22.2 Å². The van der Waals surface area contributed by atoms with Crippen LogP contribution in [0.25, 0.3) is 11.3 Å². The number of nitrogens with zero attached hydrogens (tertiary/aromatic N) is 1. The zero-order valence-corrected chi connectivity index (χ0v) is 20.1. The Bertz CT molecular complexity index is 1220. The van der Waals surface area contributed by atoms with E-state index < -0.39 is 15.9 Å². The Labute approximate surface area is 199 Å². The predicted molar refractivity (Wildman–Crippen MR) is 128 cm³/mol. The molecule has 1 aliphatic heterocycles. The van der Waals surface area contributed by atoms with Crippen molar-refractivity contribution >= 4 is 27.3 Å². The molecule has 2 aromatic carbocycles. The molecule has 2 heterocycles. The number of rotatable bonds is 7. The summed E-state index contributed by atoms with van der Waals surface area (Å²) in [5.74, 6) is 1.71. The molecule has 1 aromatic heterocycles. The van der Waals surface area contributed by atoms with Crippen LogP contribution in [-0.2, 0) is 16.4 Å². The van der Waals surface area contributed by atoms with Gasteiger partial charge in [-0.15, -0.1) is 0 Å². The molecule has 174 valence electrons. The number of halogens is 1. The van der Waals surface area contributed by atoms with Gasteiger partial charge in [0.1, 0.15) is 17.3 Å². The SMILES string of the molecule is CC(C)Oc1ccc(C(=O)N(Cc2ccc(-c3ccc(Cl)cc3)o2)[C@@H]2CCS(=O)(=O)C2)cc1. The summed E-state index contributed by atoms with van der Waals surface area (Å²) in [6, 6.07) is 17.4. The summed E-state index contributed by atoms with van der Waals surface area (Å²) in [5, 5.41) is 0.634. The van der Waals surface area contributed by atoms with E-state index in [1.54, 1.807) is 41.3 Å². The number of sulfone groups is 1. The highest BCUT2D eigenvalue weighted by molar-refractivity contribution is 7.91. The Morgan fingerprint density at radius 3 is 2.39 bits per heavy atom. The summed E-state index contributed by atoms with van der Waals surface area (Å²) < 4.78 is 35.9. The van der Waals surface area contributed by atoms with E-state index in [2.05, 4.69) is 0 Å². The number of carbonyl (C=O) groups is 1. The van der Waals surface area contributed by atoms with Gasteiger partial charge >= 0.3 is 0 Å². The van der Waals surface area contributed by atoms with Gasteiger partial charge in [0.25, 0.3) is 5.91 Å². The zero-order valence-electron chi connectivity index (χ0n) is 18.5. The van der Waals surface area contributed by atoms with Crippen LogP contribution < -0.4 is 4.74 Å². The van der Waals surface area contributed by atoms with E-state index >= 15 is 0 Å². The van der Waals surface area contributed by atoms with Gasteiger partial charge < -0.3 is 14.1 Å². The van der Waals surface area contributed by atoms with Gasteiger partial charge in [0.05, 0.1) is 24.2 Å². The Morgan fingerprint density at radius 2 is 1.79 bits per heavy atom. The first kappa shape index (κ1) is 23.4. The highest BCUT2D eigenvalue weighted by Gasteiger charge is 2.35. The normalized spacial score (nSPS) is 17.3. The van der Waals surface area contributed by atoms with Crippen LogP contribution in [0.2, 0.25) is 5.02 Å². The topological polar surface area (TPSA) is 76.8 Å². The van der Waals surface area contributed by atoms with Gasteiger partial charge in [0.15, 0.2) is 9.84 Å². The molecule has 1 saturated heterocycles. The van der Waals surface area contributed by atoms with Gasteiger partial charge in [0.2, 0.25) is 0 Å². The number of carbonyl (C=O) groups excluding carboxylic acids is 1. The summed E-state index contributed by atoms with van der Waals surface area (Å²) in [6.45, 7) is 4.04. The molecular weight excluding hydrogens is 462 g/mol. The molecule has 0 aliphatic carbocycles. The number of hydrogen-bond acceptors (Lipinski definition) is 5. The van der Waals surface area contributed by atoms with E-state index in [0.29, 0.717) is 34.3 Å². The molecule has 0 unspecified atom stereocenters. The quantitative estimate of drug-likeness (QED) is 0.456. The van der Waals surface area contributed by atoms with Crippen molar-refractivity contribution in [3.63, 3.8) is 0 Å². The second kappa shape index (κ2) is 9.61. The highest BCUT2D eigenvalue weighted by atomic mass is 35.5. The van der Waals surface area contributed by atoms with Crippen molar-refractivity contribution in [1.29, 1.82) is 0 Å². The molecule has 0 saturated carbocycles. The third-order valence-electron chi connectivity index (χ3n) is 5.50. The summed E-state index contributed by atoms with van der Waals surface area (Å²) >= 11 is 5.96. The molecule has 1 amide bonds. The van der Waals surface area contributed by atoms with E-state index in [1.807, 2.05) is 38.1 Å². The molecule has 3 aromatic rings. The lowest BCUT2D eigenvalue weighted by Gasteiger charge is -2.27. The van der Waals surface area contributed by atoms with Crippen molar-refractivity contribution in [2.75, 3.05) is 11.5 Å². The third-order valence-corrected chi connectivity index (χ3v) is 7.50. The molecule has 0 spiro atoms. The number of ether oxygens (including phenoxy) is 1. The maximum Gasteiger partial charge on any atom is 0.254 e. The largest absolute Gasteiger partial charge is 0.491 e. The molecule has 1 aliphatic rings. The average Bonchev–Trinajstić information content (AvgIpc) is 3.38. The fourth-order valence-corrected chi connectivity index (χ4v) is 5.76. The molecule has 0 bridgehead atoms. The van der Waals surface area contributed by atoms with Crippen molar-refractivity contribution < 1.29 is 22.4 Å². The second-order valence-electron chi connectivity index (χ2n) is 8.45. The highest BCUT2D eigenvalue weighted by Crippen LogP contribution is 2.27. The van der Waals surface area contributed by atoms with E-state index in [9.17, 15) is 13.2 Å². The number of hydrogen-bond donors (Lipinski definition) is 0. The first-order valence-electron chi connectivity index (χ1n) is 10.8. The summed E-state index contributed by atoms with van der Waals surface area (Å²) in [6.07, 6.45) is 0.438. The summed E-state index contributed by atoms with van der Waals surface area (Å²) in [5.41, 5.74) is 1.34. The number of furan rings is 1. The van der Waals surface area contributed by atoms with Crippen LogP contribution in [0.3, 0.4) is 0 Å². The van der Waals surface area contributed by atoms with Crippen LogP contribution >= 0.6 is 11.6 Å². The van der Waals surface area contributed by atoms with Gasteiger partial charge in [-0.25, -0.2) is 8.42 Å². The molecule has 0 N–H and O–H groups in total. The first-order valence-corrected chi connectivity index (χ1v) is 13.0. The Morgan fingerprint density at radius 1 is 1.09 bits per heavy atom. The molecule has 0 radical (unpaired) electrons. The standard InChI is InChI=1S/C25H26ClNO5S/c1-17(2)31-22-9-5-19(6-10-22)25(28)27(21-13-14-33(29,30)16-21)15-23-11-12-24(32-23)18-3-7-20(26)8-4-18/h3-12,17,21H,13-16H2,1-2H3/t21-/m1/s1. The van der Waals surface area contributed by atoms with Crippen LogP contribution in [0.5, 0.6) is 5.75 Å². The van der Waals surface area contributed by atoms with E-state index in [0.717, 1.165) is 5.56 Å². The molecule has 4 rings (SSSR count). The lowest BCUT2D eigenvalue weighted by Crippen LogP contribution is -2.40. The maximum absolute atomic E-state index is 13.4. The number of amides is 1. The van der Waals surface area contributed by atoms with Gasteiger partial charge in [-0.3, -0.25) is 4.79 Å². The zero-order chi connectivity index (χ0) is 23.6. The lowest BCUT2D eigenvalue weighted by atomic mass is 10.1. The summed E-state index contributed by atoms with van der Waals surface area (Å²) in [7, 11) is -3.17. The molecule has 1 fully saturated rings. The fraction of sp³-hybridized carbons (Fsp3) is 0.320. The van der Waals surface area contributed by atoms with Crippen molar-refractivity contribution in [3.8, 4) is 17.1 Å². The lowest BCUT2D eigenvalue weighted by molar-refractivity contribution is 0.0666. The molecular formula is C25H26ClNO5S. The molecule has 1 atom stereocenters. The minimum atomic E-state index is -3.17. The maximum atomic E-state index is 13.4. The smallest absolute Gasteiger partial charge is 0.254 e. The van der Waals surface area contributed by atoms with Crippen LogP contribution in [0.4, 0.5) is 0 Å². The van der Waals surface area contributed by atoms with E-state index in [-0.39, 0.29) is 30.1 Å². The first-order chi connectivity index (χ1) is 15.7. The monoisotopic (exact) mass is 487 g/mol. The van der Waals surface area contributed by atoms with Crippen molar-refractivity contribution in [2.24, 2.45) is 0 Å². The Balaban J connectivity index is 1.58. The Kier molecular flexibility index (Phi) is 6.81. The van der Waals surface area contributed by atoms with Crippen LogP contribution in [-0.4, -0.2) is 42.9 Å². The van der Waals surface area contributed by atoms with Gasteiger partial charge in [-0.05, 0) is 80.9 Å². The predicted octanol–water partition coefficient (Wildman–Crippen LogP) is 5.22. The van der Waals surface area contributed by atoms with E-state index in [4.69, 9.17) is 20.8 Å². The van der Waals surface area contributed by atoms with Crippen molar-refractivity contribution in [3.05, 3.63) is 77.0 Å². The minimum absolute atomic E-state index is 0.0283. The van der Waals surface area contributed by atoms with Crippen LogP contribution in [0.15, 0.2) is 65.1 Å². The second-order valence-corrected chi connectivity index (χ2v) is 11.1. The summed E-state index contributed by atoms with van der Waals surface area (Å²) in [4.78, 5) is 15.0. The molecule has 8 heteroatoms. The fourth-order valence-electron chi connectivity index (χ4n) is 3.90. The van der Waals surface area contributed by atoms with Crippen molar-refractivity contribution in [2.45, 2.75) is 39.0 Å². The van der Waals surface area contributed by atoms with Crippen LogP contribution in [0.1, 0.15) is 36.4 Å². The van der Waals surface area contributed by atoms with Gasteiger partial charge in [-0.1, -0.05) is 11.6 Å². The van der Waals surface area contributed by atoms with Gasteiger partial charge in [-0.2, -0.15) is 0 Å². The van der Waals surface area contributed by atoms with Crippen LogP contribution in [0, 0.1) is 0 Å². The van der Waals surface area contributed by atoms with E-state index in [1.165, 1.54) is 0 Å². The third kappa shape index (κ3) is 5.78. The van der Waals surface area contributed by atoms with Crippen molar-refractivity contribution in [1.82, 2.24) is 4.90 Å². The molecule has 6 nitrogen and oxygen atoms in total. The number of benzene rings is 2. The minimum Gasteiger partial charge on any atom is -0.491 e.